The van der Waals surface area contributed by atoms with Crippen molar-refractivity contribution in [1.82, 2.24) is 20.0 Å². The summed E-state index contributed by atoms with van der Waals surface area (Å²) in [4.78, 5) is 14.6. The zero-order valence-electron chi connectivity index (χ0n) is 14.8. The van der Waals surface area contributed by atoms with E-state index in [-0.39, 0.29) is 23.2 Å². The SMILES string of the molecule is Cc1cc(F)ccc1-n1cc(O)c(C(=O)N2CCC3(CCNC3)CC2)n1. The Hall–Kier alpha value is -2.41. The summed E-state index contributed by atoms with van der Waals surface area (Å²) in [6.45, 7) is 5.21. The van der Waals surface area contributed by atoms with Crippen molar-refractivity contribution < 1.29 is 14.3 Å². The van der Waals surface area contributed by atoms with Crippen LogP contribution in [0.15, 0.2) is 24.4 Å². The van der Waals surface area contributed by atoms with E-state index in [9.17, 15) is 14.3 Å². The van der Waals surface area contributed by atoms with Gasteiger partial charge in [-0.05, 0) is 61.9 Å². The van der Waals surface area contributed by atoms with Gasteiger partial charge in [-0.2, -0.15) is 5.10 Å². The van der Waals surface area contributed by atoms with Gasteiger partial charge in [-0.1, -0.05) is 0 Å². The minimum absolute atomic E-state index is 0.0502. The van der Waals surface area contributed by atoms with Gasteiger partial charge in [0.2, 0.25) is 0 Å². The van der Waals surface area contributed by atoms with Crippen LogP contribution in [0.3, 0.4) is 0 Å². The maximum Gasteiger partial charge on any atom is 0.278 e. The van der Waals surface area contributed by atoms with E-state index in [0.717, 1.165) is 25.9 Å². The van der Waals surface area contributed by atoms with E-state index in [0.29, 0.717) is 29.8 Å². The molecule has 1 amide bonds. The number of rotatable bonds is 2. The zero-order chi connectivity index (χ0) is 18.3. The monoisotopic (exact) mass is 358 g/mol. The number of nitrogens with zero attached hydrogens (tertiary/aromatic N) is 3. The highest BCUT2D eigenvalue weighted by atomic mass is 19.1. The lowest BCUT2D eigenvalue weighted by molar-refractivity contribution is 0.0598. The summed E-state index contributed by atoms with van der Waals surface area (Å²) in [6, 6.07) is 4.32. The molecule has 1 aromatic heterocycles. The fourth-order valence-corrected chi connectivity index (χ4v) is 4.07. The first-order valence-corrected chi connectivity index (χ1v) is 9.03. The summed E-state index contributed by atoms with van der Waals surface area (Å²) >= 11 is 0. The summed E-state index contributed by atoms with van der Waals surface area (Å²) < 4.78 is 14.7. The highest BCUT2D eigenvalue weighted by Gasteiger charge is 2.38. The molecule has 0 bridgehead atoms. The maximum absolute atomic E-state index is 13.3. The number of benzene rings is 1. The van der Waals surface area contributed by atoms with E-state index in [1.807, 2.05) is 0 Å². The average molecular weight is 358 g/mol. The van der Waals surface area contributed by atoms with Crippen molar-refractivity contribution in [1.29, 1.82) is 0 Å². The van der Waals surface area contributed by atoms with E-state index < -0.39 is 0 Å². The molecule has 6 nitrogen and oxygen atoms in total. The number of hydrogen-bond acceptors (Lipinski definition) is 4. The van der Waals surface area contributed by atoms with Gasteiger partial charge in [0.05, 0.1) is 11.9 Å². The molecule has 2 aliphatic rings. The molecule has 2 fully saturated rings. The first-order valence-electron chi connectivity index (χ1n) is 9.03. The molecular formula is C19H23FN4O2. The van der Waals surface area contributed by atoms with Crippen LogP contribution in [-0.4, -0.2) is 51.9 Å². The second-order valence-corrected chi connectivity index (χ2v) is 7.46. The van der Waals surface area contributed by atoms with Crippen LogP contribution < -0.4 is 5.32 Å². The molecule has 2 aliphatic heterocycles. The largest absolute Gasteiger partial charge is 0.504 e. The number of nitrogens with one attached hydrogen (secondary N) is 1. The van der Waals surface area contributed by atoms with Gasteiger partial charge in [0.25, 0.3) is 5.91 Å². The first kappa shape index (κ1) is 17.0. The van der Waals surface area contributed by atoms with Crippen molar-refractivity contribution >= 4 is 5.91 Å². The van der Waals surface area contributed by atoms with E-state index in [1.165, 1.54) is 29.4 Å². The van der Waals surface area contributed by atoms with Crippen molar-refractivity contribution in [2.24, 2.45) is 5.41 Å². The molecule has 1 aromatic carbocycles. The third-order valence-corrected chi connectivity index (χ3v) is 5.75. The normalized spacial score (nSPS) is 19.2. The van der Waals surface area contributed by atoms with Gasteiger partial charge in [-0.15, -0.1) is 0 Å². The molecule has 0 unspecified atom stereocenters. The van der Waals surface area contributed by atoms with Crippen LogP contribution in [0.2, 0.25) is 0 Å². The Bertz CT molecular complexity index is 832. The van der Waals surface area contributed by atoms with Gasteiger partial charge in [-0.3, -0.25) is 4.79 Å². The first-order chi connectivity index (χ1) is 12.5. The molecule has 26 heavy (non-hydrogen) atoms. The number of carbonyl (C=O) groups is 1. The molecule has 0 aliphatic carbocycles. The lowest BCUT2D eigenvalue weighted by atomic mass is 9.78. The van der Waals surface area contributed by atoms with Gasteiger partial charge in [0.1, 0.15) is 5.82 Å². The number of aryl methyl sites for hydroxylation is 1. The minimum Gasteiger partial charge on any atom is -0.504 e. The van der Waals surface area contributed by atoms with Crippen LogP contribution in [0, 0.1) is 18.2 Å². The van der Waals surface area contributed by atoms with Crippen LogP contribution in [-0.2, 0) is 0 Å². The van der Waals surface area contributed by atoms with Crippen molar-refractivity contribution in [3.8, 4) is 11.4 Å². The number of amides is 1. The quantitative estimate of drug-likeness (QED) is 0.864. The summed E-state index contributed by atoms with van der Waals surface area (Å²) in [6.07, 6.45) is 4.52. The molecule has 1 spiro atoms. The number of carbonyl (C=O) groups excluding carboxylic acids is 1. The van der Waals surface area contributed by atoms with Crippen LogP contribution in [0.5, 0.6) is 5.75 Å². The Kier molecular flexibility index (Phi) is 4.19. The molecule has 0 atom stereocenters. The number of aromatic nitrogens is 2. The van der Waals surface area contributed by atoms with Gasteiger partial charge < -0.3 is 15.3 Å². The third-order valence-electron chi connectivity index (χ3n) is 5.75. The number of hydrogen-bond donors (Lipinski definition) is 2. The molecule has 4 rings (SSSR count). The second kappa shape index (κ2) is 6.39. The molecule has 138 valence electrons. The molecule has 2 aromatic rings. The second-order valence-electron chi connectivity index (χ2n) is 7.46. The van der Waals surface area contributed by atoms with Gasteiger partial charge in [0.15, 0.2) is 11.4 Å². The van der Waals surface area contributed by atoms with E-state index in [1.54, 1.807) is 17.9 Å². The van der Waals surface area contributed by atoms with Crippen LogP contribution >= 0.6 is 0 Å². The predicted octanol–water partition coefficient (Wildman–Crippen LogP) is 2.24. The highest BCUT2D eigenvalue weighted by Crippen LogP contribution is 2.37. The molecule has 0 radical (unpaired) electrons. The molecule has 0 saturated carbocycles. The topological polar surface area (TPSA) is 70.4 Å². The van der Waals surface area contributed by atoms with E-state index in [4.69, 9.17) is 0 Å². The van der Waals surface area contributed by atoms with Gasteiger partial charge in [-0.25, -0.2) is 9.07 Å². The molecule has 2 N–H and O–H groups in total. The Morgan fingerprint density at radius 2 is 2.08 bits per heavy atom. The van der Waals surface area contributed by atoms with Crippen molar-refractivity contribution in [2.75, 3.05) is 26.2 Å². The van der Waals surface area contributed by atoms with Crippen LogP contribution in [0.1, 0.15) is 35.3 Å². The molecule has 7 heteroatoms. The summed E-state index contributed by atoms with van der Waals surface area (Å²) in [5.41, 5.74) is 1.69. The lowest BCUT2D eigenvalue weighted by Gasteiger charge is -2.38. The Balaban J connectivity index is 1.53. The summed E-state index contributed by atoms with van der Waals surface area (Å²) in [5.74, 6) is -0.731. The van der Waals surface area contributed by atoms with Crippen molar-refractivity contribution in [3.05, 3.63) is 41.5 Å². The minimum atomic E-state index is -0.331. The predicted molar refractivity (Wildman–Crippen MR) is 95.0 cm³/mol. The highest BCUT2D eigenvalue weighted by molar-refractivity contribution is 5.95. The van der Waals surface area contributed by atoms with Crippen molar-refractivity contribution in [3.63, 3.8) is 0 Å². The smallest absolute Gasteiger partial charge is 0.278 e. The van der Waals surface area contributed by atoms with Crippen LogP contribution in [0.25, 0.3) is 5.69 Å². The third kappa shape index (κ3) is 2.96. The lowest BCUT2D eigenvalue weighted by Crippen LogP contribution is -2.44. The van der Waals surface area contributed by atoms with Gasteiger partial charge >= 0.3 is 0 Å². The number of piperidine rings is 1. The van der Waals surface area contributed by atoms with Crippen LogP contribution in [0.4, 0.5) is 4.39 Å². The van der Waals surface area contributed by atoms with E-state index in [2.05, 4.69) is 10.4 Å². The maximum atomic E-state index is 13.3. The zero-order valence-corrected chi connectivity index (χ0v) is 14.8. The number of likely N-dealkylation sites (tertiary alicyclic amines) is 1. The standard InChI is InChI=1S/C19H23FN4O2/c1-13-10-14(20)2-3-15(13)24-11-16(25)17(22-24)18(26)23-8-5-19(6-9-23)4-7-21-12-19/h2-3,10-11,21,25H,4-9,12H2,1H3. The molecule has 3 heterocycles. The fourth-order valence-electron chi connectivity index (χ4n) is 4.07. The van der Waals surface area contributed by atoms with E-state index >= 15 is 0 Å². The molecule has 2 saturated heterocycles. The summed E-state index contributed by atoms with van der Waals surface area (Å²) in [5, 5.41) is 17.9. The Labute approximate surface area is 151 Å². The number of halogens is 1. The fraction of sp³-hybridized carbons (Fsp3) is 0.474. The molecular weight excluding hydrogens is 335 g/mol. The Morgan fingerprint density at radius 1 is 1.31 bits per heavy atom. The number of aromatic hydroxyl groups is 1. The summed E-state index contributed by atoms with van der Waals surface area (Å²) in [7, 11) is 0. The average Bonchev–Trinajstić information content (AvgIpc) is 3.22. The van der Waals surface area contributed by atoms with Gasteiger partial charge in [0, 0.05) is 19.6 Å². The Morgan fingerprint density at radius 3 is 2.73 bits per heavy atom. The van der Waals surface area contributed by atoms with Crippen molar-refractivity contribution in [2.45, 2.75) is 26.2 Å².